The standard InChI is InChI=1S/C26H19N3O6/c1-14-8-9-16(29(33)34)13-18(14)28-25(31)20-21(26(28)32)23(24(30)19-7-4-12-35-19)27-11-10-15-5-2-3-6-17(15)22(20)27/h2-13,20-23H,1H3/t20-,21+,22-,23-/m0/s1. The molecular formula is C26H19N3O6. The Morgan fingerprint density at radius 2 is 1.80 bits per heavy atom. The van der Waals surface area contributed by atoms with Crippen LogP contribution in [-0.2, 0) is 9.59 Å². The van der Waals surface area contributed by atoms with Gasteiger partial charge in [-0.2, -0.15) is 0 Å². The fourth-order valence-electron chi connectivity index (χ4n) is 5.61. The second kappa shape index (κ2) is 7.49. The highest BCUT2D eigenvalue weighted by atomic mass is 16.6. The van der Waals surface area contributed by atoms with Crippen LogP contribution in [0, 0.1) is 28.9 Å². The van der Waals surface area contributed by atoms with Crippen LogP contribution in [0.5, 0.6) is 0 Å². The monoisotopic (exact) mass is 469 g/mol. The van der Waals surface area contributed by atoms with Gasteiger partial charge in [-0.3, -0.25) is 24.5 Å². The molecule has 0 aliphatic carbocycles. The molecule has 0 N–H and O–H groups in total. The molecule has 35 heavy (non-hydrogen) atoms. The number of carbonyl (C=O) groups excluding carboxylic acids is 3. The van der Waals surface area contributed by atoms with Crippen LogP contribution in [0.15, 0.2) is 71.5 Å². The summed E-state index contributed by atoms with van der Waals surface area (Å²) in [5.74, 6) is -3.12. The molecule has 9 heteroatoms. The van der Waals surface area contributed by atoms with Crippen molar-refractivity contribution in [2.75, 3.05) is 4.90 Å². The van der Waals surface area contributed by atoms with Gasteiger partial charge in [0.2, 0.25) is 17.6 Å². The zero-order valence-electron chi connectivity index (χ0n) is 18.5. The van der Waals surface area contributed by atoms with Crippen LogP contribution in [-0.4, -0.2) is 33.5 Å². The third kappa shape index (κ3) is 2.91. The highest BCUT2D eigenvalue weighted by Gasteiger charge is 2.65. The maximum Gasteiger partial charge on any atom is 0.271 e. The molecule has 4 heterocycles. The number of amides is 2. The summed E-state index contributed by atoms with van der Waals surface area (Å²) in [6.45, 7) is 1.68. The number of carbonyl (C=O) groups is 3. The van der Waals surface area contributed by atoms with Gasteiger partial charge < -0.3 is 9.32 Å². The number of furan rings is 1. The van der Waals surface area contributed by atoms with Crippen LogP contribution >= 0.6 is 0 Å². The molecule has 2 fully saturated rings. The number of anilines is 1. The van der Waals surface area contributed by atoms with E-state index in [1.54, 1.807) is 24.1 Å². The van der Waals surface area contributed by atoms with E-state index >= 15 is 0 Å². The van der Waals surface area contributed by atoms with Gasteiger partial charge in [-0.1, -0.05) is 30.3 Å². The Balaban J connectivity index is 1.51. The smallest absolute Gasteiger partial charge is 0.271 e. The second-order valence-electron chi connectivity index (χ2n) is 8.91. The summed E-state index contributed by atoms with van der Waals surface area (Å²) in [5, 5.41) is 11.4. The van der Waals surface area contributed by atoms with Gasteiger partial charge in [0.15, 0.2) is 5.76 Å². The van der Waals surface area contributed by atoms with Crippen LogP contribution < -0.4 is 4.90 Å². The predicted molar refractivity (Wildman–Crippen MR) is 124 cm³/mol. The first kappa shape index (κ1) is 21.0. The van der Waals surface area contributed by atoms with Gasteiger partial charge in [-0.15, -0.1) is 0 Å². The topological polar surface area (TPSA) is 114 Å². The molecule has 2 amide bonds. The summed E-state index contributed by atoms with van der Waals surface area (Å²) in [7, 11) is 0. The molecule has 0 spiro atoms. The van der Waals surface area contributed by atoms with Crippen LogP contribution in [0.3, 0.4) is 0 Å². The zero-order valence-corrected chi connectivity index (χ0v) is 18.5. The van der Waals surface area contributed by atoms with Gasteiger partial charge in [0.05, 0.1) is 34.8 Å². The number of non-ortho nitro benzene ring substituents is 1. The van der Waals surface area contributed by atoms with Crippen molar-refractivity contribution in [2.45, 2.75) is 19.0 Å². The first-order chi connectivity index (χ1) is 16.9. The molecule has 3 aliphatic rings. The lowest BCUT2D eigenvalue weighted by Crippen LogP contribution is -2.44. The van der Waals surface area contributed by atoms with E-state index in [1.807, 2.05) is 30.3 Å². The molecule has 4 atom stereocenters. The van der Waals surface area contributed by atoms with Crippen LogP contribution in [0.1, 0.15) is 33.3 Å². The van der Waals surface area contributed by atoms with Crippen molar-refractivity contribution in [1.82, 2.24) is 4.90 Å². The number of nitrogens with zero attached hydrogens (tertiary/aromatic N) is 3. The van der Waals surface area contributed by atoms with Crippen LogP contribution in [0.4, 0.5) is 11.4 Å². The van der Waals surface area contributed by atoms with E-state index in [-0.39, 0.29) is 17.1 Å². The van der Waals surface area contributed by atoms with E-state index in [0.29, 0.717) is 5.56 Å². The maximum atomic E-state index is 13.9. The number of ketones is 1. The predicted octanol–water partition coefficient (Wildman–Crippen LogP) is 3.89. The van der Waals surface area contributed by atoms with Crippen LogP contribution in [0.2, 0.25) is 0 Å². The van der Waals surface area contributed by atoms with Gasteiger partial charge in [-0.05, 0) is 41.8 Å². The highest BCUT2D eigenvalue weighted by Crippen LogP contribution is 2.54. The second-order valence-corrected chi connectivity index (χ2v) is 8.91. The molecule has 0 bridgehead atoms. The summed E-state index contributed by atoms with van der Waals surface area (Å²) in [4.78, 5) is 55.0. The Bertz CT molecular complexity index is 1440. The maximum absolute atomic E-state index is 13.9. The first-order valence-corrected chi connectivity index (χ1v) is 11.1. The molecule has 2 aromatic carbocycles. The van der Waals surface area contributed by atoms with Crippen LogP contribution in [0.25, 0.3) is 6.08 Å². The molecule has 0 saturated carbocycles. The number of rotatable bonds is 4. The summed E-state index contributed by atoms with van der Waals surface area (Å²) in [6, 6.07) is 13.3. The third-order valence-electron chi connectivity index (χ3n) is 7.14. The van der Waals surface area contributed by atoms with Crippen molar-refractivity contribution in [3.8, 4) is 0 Å². The van der Waals surface area contributed by atoms with Gasteiger partial charge in [0, 0.05) is 18.3 Å². The van der Waals surface area contributed by atoms with Crippen molar-refractivity contribution in [3.05, 3.63) is 99.6 Å². The largest absolute Gasteiger partial charge is 0.461 e. The molecular weight excluding hydrogens is 450 g/mol. The van der Waals surface area contributed by atoms with E-state index in [0.717, 1.165) is 16.0 Å². The number of nitro groups is 1. The Labute approximate surface area is 199 Å². The molecule has 1 aromatic heterocycles. The number of Topliss-reactive ketones (excluding diaryl/α,β-unsaturated/α-hetero) is 1. The SMILES string of the molecule is Cc1ccc([N+](=O)[O-])cc1N1C(=O)[C@@H]2[C@H](C1=O)[C@@H]1c3ccccc3C=CN1[C@@H]2C(=O)c1ccco1. The average Bonchev–Trinajstić information content (AvgIpc) is 3.56. The van der Waals surface area contributed by atoms with E-state index in [2.05, 4.69) is 0 Å². The molecule has 0 radical (unpaired) electrons. The van der Waals surface area contributed by atoms with Crippen molar-refractivity contribution in [3.63, 3.8) is 0 Å². The quantitative estimate of drug-likeness (QED) is 0.246. The lowest BCUT2D eigenvalue weighted by atomic mass is 9.84. The summed E-state index contributed by atoms with van der Waals surface area (Å²) in [6.07, 6.45) is 5.02. The summed E-state index contributed by atoms with van der Waals surface area (Å²) < 4.78 is 5.36. The van der Waals surface area contributed by atoms with E-state index in [4.69, 9.17) is 4.42 Å². The first-order valence-electron chi connectivity index (χ1n) is 11.1. The van der Waals surface area contributed by atoms with E-state index in [1.165, 1.54) is 30.5 Å². The number of fused-ring (bicyclic) bond motifs is 5. The Morgan fingerprint density at radius 1 is 1.03 bits per heavy atom. The molecule has 9 nitrogen and oxygen atoms in total. The third-order valence-corrected chi connectivity index (χ3v) is 7.14. The minimum atomic E-state index is -0.973. The molecule has 0 unspecified atom stereocenters. The lowest BCUT2D eigenvalue weighted by molar-refractivity contribution is -0.384. The molecule has 174 valence electrons. The number of hydrogen-bond acceptors (Lipinski definition) is 7. The van der Waals surface area contributed by atoms with Crippen molar-refractivity contribution < 1.29 is 23.7 Å². The number of hydrogen-bond donors (Lipinski definition) is 0. The summed E-state index contributed by atoms with van der Waals surface area (Å²) in [5.41, 5.74) is 2.24. The van der Waals surface area contributed by atoms with Gasteiger partial charge in [-0.25, -0.2) is 4.90 Å². The fraction of sp³-hybridized carbons (Fsp3) is 0.192. The number of benzene rings is 2. The molecule has 3 aliphatic heterocycles. The fourth-order valence-corrected chi connectivity index (χ4v) is 5.61. The average molecular weight is 469 g/mol. The zero-order chi connectivity index (χ0) is 24.4. The van der Waals surface area contributed by atoms with Crippen molar-refractivity contribution in [1.29, 1.82) is 0 Å². The van der Waals surface area contributed by atoms with E-state index < -0.39 is 46.4 Å². The van der Waals surface area contributed by atoms with Gasteiger partial charge >= 0.3 is 0 Å². The lowest BCUT2D eigenvalue weighted by Gasteiger charge is -2.35. The molecule has 3 aromatic rings. The molecule has 6 rings (SSSR count). The van der Waals surface area contributed by atoms with E-state index in [9.17, 15) is 24.5 Å². The highest BCUT2D eigenvalue weighted by molar-refractivity contribution is 6.25. The number of imide groups is 1. The number of aryl methyl sites for hydroxylation is 1. The minimum Gasteiger partial charge on any atom is -0.461 e. The van der Waals surface area contributed by atoms with Gasteiger partial charge in [0.25, 0.3) is 5.69 Å². The Kier molecular flexibility index (Phi) is 4.50. The normalized spacial score (nSPS) is 24.4. The molecule has 2 saturated heterocycles. The Morgan fingerprint density at radius 3 is 2.54 bits per heavy atom. The van der Waals surface area contributed by atoms with Gasteiger partial charge in [0.1, 0.15) is 6.04 Å². The van der Waals surface area contributed by atoms with Crippen molar-refractivity contribution >= 4 is 35.0 Å². The number of nitro benzene ring substituents is 1. The Hall–Kier alpha value is -4.53. The summed E-state index contributed by atoms with van der Waals surface area (Å²) >= 11 is 0. The minimum absolute atomic E-state index is 0.104. The van der Waals surface area contributed by atoms with Crippen molar-refractivity contribution in [2.24, 2.45) is 11.8 Å².